The normalized spacial score (nSPS) is 27.9. The van der Waals surface area contributed by atoms with Gasteiger partial charge in [0, 0.05) is 31.0 Å². The predicted octanol–water partition coefficient (Wildman–Crippen LogP) is 3.44. The molecule has 1 N–H and O–H groups in total. The van der Waals surface area contributed by atoms with Crippen molar-refractivity contribution in [1.82, 2.24) is 9.78 Å². The van der Waals surface area contributed by atoms with Crippen LogP contribution in [0.4, 0.5) is 0 Å². The standard InChI is InChI=1S/C16H30N2O2Si/c1-16(2,3)21(5,6)20-12-7-8-13(15(19)11-12)14-9-10-17-18(14)4/h9-10,12-13,15,19H,7-8,11H2,1-6H3/t12-,13-,15+/m1/s1. The Labute approximate surface area is 129 Å². The Balaban J connectivity index is 2.00. The van der Waals surface area contributed by atoms with Crippen molar-refractivity contribution >= 4 is 8.32 Å². The molecule has 1 aromatic rings. The van der Waals surface area contributed by atoms with Crippen molar-refractivity contribution in [2.75, 3.05) is 0 Å². The Morgan fingerprint density at radius 3 is 2.48 bits per heavy atom. The minimum Gasteiger partial charge on any atom is -0.414 e. The van der Waals surface area contributed by atoms with Gasteiger partial charge in [0.25, 0.3) is 0 Å². The van der Waals surface area contributed by atoms with Gasteiger partial charge in [0.15, 0.2) is 8.32 Å². The van der Waals surface area contributed by atoms with E-state index in [-0.39, 0.29) is 23.2 Å². The highest BCUT2D eigenvalue weighted by Crippen LogP contribution is 2.41. The molecule has 21 heavy (non-hydrogen) atoms. The zero-order chi connectivity index (χ0) is 15.8. The van der Waals surface area contributed by atoms with Crippen LogP contribution in [-0.4, -0.2) is 35.4 Å². The van der Waals surface area contributed by atoms with Crippen LogP contribution >= 0.6 is 0 Å². The zero-order valence-corrected chi connectivity index (χ0v) is 15.3. The van der Waals surface area contributed by atoms with E-state index in [2.05, 4.69) is 39.0 Å². The summed E-state index contributed by atoms with van der Waals surface area (Å²) in [6.45, 7) is 11.4. The van der Waals surface area contributed by atoms with Crippen molar-refractivity contribution in [3.8, 4) is 0 Å². The lowest BCUT2D eigenvalue weighted by atomic mass is 9.83. The number of aliphatic hydroxyl groups is 1. The van der Waals surface area contributed by atoms with E-state index in [1.54, 1.807) is 6.20 Å². The highest BCUT2D eigenvalue weighted by atomic mass is 28.4. The van der Waals surface area contributed by atoms with Gasteiger partial charge < -0.3 is 9.53 Å². The third-order valence-electron chi connectivity index (χ3n) is 5.27. The molecule has 1 fully saturated rings. The summed E-state index contributed by atoms with van der Waals surface area (Å²) < 4.78 is 8.34. The molecule has 0 unspecified atom stereocenters. The van der Waals surface area contributed by atoms with E-state index < -0.39 is 8.32 Å². The maximum atomic E-state index is 10.5. The maximum absolute atomic E-state index is 10.5. The molecule has 3 atom stereocenters. The van der Waals surface area contributed by atoms with E-state index >= 15 is 0 Å². The van der Waals surface area contributed by atoms with Crippen molar-refractivity contribution in [2.45, 2.75) is 76.3 Å². The van der Waals surface area contributed by atoms with Gasteiger partial charge in [-0.2, -0.15) is 5.10 Å². The predicted molar refractivity (Wildman–Crippen MR) is 87.9 cm³/mol. The van der Waals surface area contributed by atoms with E-state index in [1.807, 2.05) is 17.8 Å². The molecule has 0 amide bonds. The van der Waals surface area contributed by atoms with Crippen molar-refractivity contribution in [2.24, 2.45) is 7.05 Å². The summed E-state index contributed by atoms with van der Waals surface area (Å²) in [5.74, 6) is 0.191. The molecule has 120 valence electrons. The Bertz CT molecular complexity index is 479. The van der Waals surface area contributed by atoms with Gasteiger partial charge in [0.2, 0.25) is 0 Å². The van der Waals surface area contributed by atoms with E-state index in [1.165, 1.54) is 0 Å². The molecular formula is C16H30N2O2Si. The largest absolute Gasteiger partial charge is 0.414 e. The molecule has 0 aliphatic heterocycles. The fourth-order valence-electron chi connectivity index (χ4n) is 2.90. The first-order valence-electron chi connectivity index (χ1n) is 7.95. The molecule has 0 bridgehead atoms. The molecule has 0 radical (unpaired) electrons. The van der Waals surface area contributed by atoms with Crippen LogP contribution in [0, 0.1) is 0 Å². The number of nitrogens with zero attached hydrogens (tertiary/aromatic N) is 2. The molecule has 0 aromatic carbocycles. The lowest BCUT2D eigenvalue weighted by molar-refractivity contribution is 0.0290. The topological polar surface area (TPSA) is 47.3 Å². The van der Waals surface area contributed by atoms with Crippen LogP contribution in [0.3, 0.4) is 0 Å². The van der Waals surface area contributed by atoms with E-state index in [4.69, 9.17) is 4.43 Å². The quantitative estimate of drug-likeness (QED) is 0.870. The van der Waals surface area contributed by atoms with Gasteiger partial charge in [-0.3, -0.25) is 4.68 Å². The lowest BCUT2D eigenvalue weighted by Gasteiger charge is -2.42. The van der Waals surface area contributed by atoms with Crippen LogP contribution in [0.5, 0.6) is 0 Å². The Kier molecular flexibility index (Phi) is 4.66. The fourth-order valence-corrected chi connectivity index (χ4v) is 4.30. The summed E-state index contributed by atoms with van der Waals surface area (Å²) in [6.07, 6.45) is 4.41. The SMILES string of the molecule is Cn1nccc1[C@H]1CC[C@@H](O[Si](C)(C)C(C)(C)C)C[C@@H]1O. The maximum Gasteiger partial charge on any atom is 0.192 e. The first kappa shape index (κ1) is 16.7. The van der Waals surface area contributed by atoms with Crippen molar-refractivity contribution in [1.29, 1.82) is 0 Å². The smallest absolute Gasteiger partial charge is 0.192 e. The summed E-state index contributed by atoms with van der Waals surface area (Å²) in [4.78, 5) is 0. The van der Waals surface area contributed by atoms with E-state index in [0.717, 1.165) is 25.0 Å². The first-order chi connectivity index (χ1) is 9.62. The highest BCUT2D eigenvalue weighted by molar-refractivity contribution is 6.74. The monoisotopic (exact) mass is 310 g/mol. The van der Waals surface area contributed by atoms with Gasteiger partial charge in [-0.25, -0.2) is 0 Å². The third-order valence-corrected chi connectivity index (χ3v) is 9.81. The first-order valence-corrected chi connectivity index (χ1v) is 10.9. The molecule has 1 saturated carbocycles. The van der Waals surface area contributed by atoms with Crippen LogP contribution in [0.15, 0.2) is 12.3 Å². The fraction of sp³-hybridized carbons (Fsp3) is 0.812. The van der Waals surface area contributed by atoms with Crippen LogP contribution in [0.25, 0.3) is 0 Å². The molecule has 1 aliphatic rings. The summed E-state index contributed by atoms with van der Waals surface area (Å²) >= 11 is 0. The Morgan fingerprint density at radius 2 is 2.00 bits per heavy atom. The second-order valence-electron chi connectivity index (χ2n) is 7.87. The van der Waals surface area contributed by atoms with Crippen molar-refractivity contribution < 1.29 is 9.53 Å². The molecule has 1 heterocycles. The van der Waals surface area contributed by atoms with Crippen molar-refractivity contribution in [3.05, 3.63) is 18.0 Å². The van der Waals surface area contributed by atoms with Gasteiger partial charge in [-0.1, -0.05) is 20.8 Å². The summed E-state index contributed by atoms with van der Waals surface area (Å²) in [7, 11) is 0.195. The third kappa shape index (κ3) is 3.58. The molecule has 1 aromatic heterocycles. The zero-order valence-electron chi connectivity index (χ0n) is 14.3. The minimum absolute atomic E-state index is 0.191. The Morgan fingerprint density at radius 1 is 1.33 bits per heavy atom. The van der Waals surface area contributed by atoms with Gasteiger partial charge in [-0.15, -0.1) is 0 Å². The average Bonchev–Trinajstić information content (AvgIpc) is 2.73. The number of aliphatic hydroxyl groups excluding tert-OH is 1. The minimum atomic E-state index is -1.75. The van der Waals surface area contributed by atoms with Crippen molar-refractivity contribution in [3.63, 3.8) is 0 Å². The average molecular weight is 311 g/mol. The summed E-state index contributed by atoms with van der Waals surface area (Å²) in [5.41, 5.74) is 1.13. The van der Waals surface area contributed by atoms with Crippen LogP contribution in [0.1, 0.15) is 51.6 Å². The van der Waals surface area contributed by atoms with Gasteiger partial charge in [0.1, 0.15) is 0 Å². The van der Waals surface area contributed by atoms with E-state index in [9.17, 15) is 5.11 Å². The number of aromatic nitrogens is 2. The molecule has 4 nitrogen and oxygen atoms in total. The number of hydrogen-bond acceptors (Lipinski definition) is 3. The number of aryl methyl sites for hydroxylation is 1. The number of hydrogen-bond donors (Lipinski definition) is 1. The molecule has 5 heteroatoms. The summed E-state index contributed by atoms with van der Waals surface area (Å²) in [5, 5.41) is 15.0. The van der Waals surface area contributed by atoms with Gasteiger partial charge >= 0.3 is 0 Å². The van der Waals surface area contributed by atoms with Crippen LogP contribution in [0.2, 0.25) is 18.1 Å². The Hall–Kier alpha value is -0.653. The van der Waals surface area contributed by atoms with Crippen LogP contribution in [-0.2, 0) is 11.5 Å². The molecular weight excluding hydrogens is 280 g/mol. The van der Waals surface area contributed by atoms with E-state index in [0.29, 0.717) is 0 Å². The highest BCUT2D eigenvalue weighted by Gasteiger charge is 2.41. The second-order valence-corrected chi connectivity index (χ2v) is 12.6. The molecule has 0 saturated heterocycles. The van der Waals surface area contributed by atoms with Gasteiger partial charge in [-0.05, 0) is 43.5 Å². The molecule has 1 aliphatic carbocycles. The molecule has 0 spiro atoms. The lowest BCUT2D eigenvalue weighted by Crippen LogP contribution is -2.46. The summed E-state index contributed by atoms with van der Waals surface area (Å²) in [6, 6.07) is 2.02. The number of rotatable bonds is 3. The van der Waals surface area contributed by atoms with Crippen LogP contribution < -0.4 is 0 Å². The van der Waals surface area contributed by atoms with Gasteiger partial charge in [0.05, 0.1) is 6.10 Å². The second kappa shape index (κ2) is 5.86. The molecule has 2 rings (SSSR count).